The minimum absolute atomic E-state index is 0.0642. The molecule has 0 spiro atoms. The van der Waals surface area contributed by atoms with Gasteiger partial charge in [-0.2, -0.15) is 0 Å². The monoisotopic (exact) mass is 355 g/mol. The molecular formula is C20H25N3OS. The van der Waals surface area contributed by atoms with Gasteiger partial charge in [-0.3, -0.25) is 4.79 Å². The van der Waals surface area contributed by atoms with E-state index < -0.39 is 0 Å². The number of para-hydroxylation sites is 1. The third-order valence-corrected chi connectivity index (χ3v) is 3.88. The van der Waals surface area contributed by atoms with Gasteiger partial charge in [0.25, 0.3) is 5.91 Å². The second-order valence-electron chi connectivity index (χ2n) is 5.82. The van der Waals surface area contributed by atoms with Crippen LogP contribution in [0.3, 0.4) is 0 Å². The molecule has 0 bridgehead atoms. The summed E-state index contributed by atoms with van der Waals surface area (Å²) in [5.74, 6) is 0.0642. The van der Waals surface area contributed by atoms with Crippen molar-refractivity contribution in [2.24, 2.45) is 0 Å². The first kappa shape index (κ1) is 18.9. The Labute approximate surface area is 155 Å². The number of carbonyl (C=O) groups excluding carboxylic acids is 1. The van der Waals surface area contributed by atoms with Crippen molar-refractivity contribution in [1.29, 1.82) is 0 Å². The maximum absolute atomic E-state index is 12.7. The minimum atomic E-state index is 0.0642. The number of hydrogen-bond donors (Lipinski definition) is 2. The van der Waals surface area contributed by atoms with E-state index in [1.54, 1.807) is 0 Å². The molecule has 0 atom stereocenters. The summed E-state index contributed by atoms with van der Waals surface area (Å²) in [7, 11) is 0. The molecule has 0 unspecified atom stereocenters. The van der Waals surface area contributed by atoms with E-state index in [1.807, 2.05) is 59.5 Å². The summed E-state index contributed by atoms with van der Waals surface area (Å²) >= 11 is 5.34. The van der Waals surface area contributed by atoms with Crippen LogP contribution in [0.5, 0.6) is 0 Å². The van der Waals surface area contributed by atoms with Gasteiger partial charge in [0.15, 0.2) is 5.11 Å². The number of benzene rings is 2. The molecule has 25 heavy (non-hydrogen) atoms. The normalized spacial score (nSPS) is 10.2. The molecule has 0 fully saturated rings. The molecule has 2 aromatic carbocycles. The first-order valence-corrected chi connectivity index (χ1v) is 9.07. The van der Waals surface area contributed by atoms with Crippen LogP contribution in [-0.4, -0.2) is 29.0 Å². The first-order valence-electron chi connectivity index (χ1n) is 8.66. The fraction of sp³-hybridized carbons (Fsp3) is 0.300. The number of hydrogen-bond acceptors (Lipinski definition) is 2. The summed E-state index contributed by atoms with van der Waals surface area (Å²) in [6, 6.07) is 17.2. The van der Waals surface area contributed by atoms with Crippen molar-refractivity contribution in [2.75, 3.05) is 23.7 Å². The Kier molecular flexibility index (Phi) is 7.41. The van der Waals surface area contributed by atoms with E-state index in [0.717, 1.165) is 37.3 Å². The number of carbonyl (C=O) groups is 1. The molecule has 1 amide bonds. The average Bonchev–Trinajstić information content (AvgIpc) is 2.62. The lowest BCUT2D eigenvalue weighted by Gasteiger charge is -2.22. The molecule has 132 valence electrons. The molecule has 0 saturated carbocycles. The highest BCUT2D eigenvalue weighted by molar-refractivity contribution is 7.80. The van der Waals surface area contributed by atoms with E-state index in [9.17, 15) is 4.79 Å². The second kappa shape index (κ2) is 9.79. The lowest BCUT2D eigenvalue weighted by molar-refractivity contribution is 0.0755. The lowest BCUT2D eigenvalue weighted by atomic mass is 10.1. The maximum Gasteiger partial charge on any atom is 0.253 e. The molecule has 2 N–H and O–H groups in total. The molecular weight excluding hydrogens is 330 g/mol. The summed E-state index contributed by atoms with van der Waals surface area (Å²) in [5.41, 5.74) is 2.39. The summed E-state index contributed by atoms with van der Waals surface area (Å²) < 4.78 is 0. The van der Waals surface area contributed by atoms with Gasteiger partial charge >= 0.3 is 0 Å². The van der Waals surface area contributed by atoms with Gasteiger partial charge in [-0.1, -0.05) is 38.1 Å². The highest BCUT2D eigenvalue weighted by Gasteiger charge is 2.14. The van der Waals surface area contributed by atoms with Gasteiger partial charge in [-0.05, 0) is 55.4 Å². The molecule has 2 rings (SSSR count). The summed E-state index contributed by atoms with van der Waals surface area (Å²) in [6.07, 6.45) is 1.91. The second-order valence-corrected chi connectivity index (χ2v) is 6.23. The van der Waals surface area contributed by atoms with E-state index in [1.165, 1.54) is 0 Å². The van der Waals surface area contributed by atoms with Crippen LogP contribution in [0.4, 0.5) is 11.4 Å². The first-order chi connectivity index (χ1) is 12.1. The molecule has 0 heterocycles. The van der Waals surface area contributed by atoms with Gasteiger partial charge in [0.2, 0.25) is 0 Å². The standard InChI is InChI=1S/C20H25N3OS/c1-3-13-23(14-4-2)19(24)16-9-8-12-18(15-16)22-20(25)21-17-10-6-5-7-11-17/h5-12,15H,3-4,13-14H2,1-2H3,(H2,21,22,25). The van der Waals surface area contributed by atoms with Crippen molar-refractivity contribution < 1.29 is 4.79 Å². The van der Waals surface area contributed by atoms with E-state index in [-0.39, 0.29) is 5.91 Å². The smallest absolute Gasteiger partial charge is 0.253 e. The molecule has 0 aliphatic heterocycles. The molecule has 4 nitrogen and oxygen atoms in total. The SMILES string of the molecule is CCCN(CCC)C(=O)c1cccc(NC(=S)Nc2ccccc2)c1. The molecule has 5 heteroatoms. The maximum atomic E-state index is 12.7. The van der Waals surface area contributed by atoms with Crippen molar-refractivity contribution >= 4 is 34.6 Å². The van der Waals surface area contributed by atoms with Crippen molar-refractivity contribution in [3.05, 3.63) is 60.2 Å². The number of amides is 1. The zero-order valence-corrected chi connectivity index (χ0v) is 15.6. The van der Waals surface area contributed by atoms with E-state index in [0.29, 0.717) is 10.7 Å². The summed E-state index contributed by atoms with van der Waals surface area (Å²) in [4.78, 5) is 14.6. The third kappa shape index (κ3) is 5.87. The number of thiocarbonyl (C=S) groups is 1. The van der Waals surface area contributed by atoms with Crippen LogP contribution in [-0.2, 0) is 0 Å². The Bertz CT molecular complexity index is 697. The van der Waals surface area contributed by atoms with Gasteiger partial charge in [0.05, 0.1) is 0 Å². The Morgan fingerprint density at radius 2 is 1.52 bits per heavy atom. The van der Waals surface area contributed by atoms with Gasteiger partial charge in [-0.25, -0.2) is 0 Å². The van der Waals surface area contributed by atoms with Crippen molar-refractivity contribution in [3.8, 4) is 0 Å². The molecule has 0 aliphatic carbocycles. The van der Waals surface area contributed by atoms with E-state index in [2.05, 4.69) is 24.5 Å². The Morgan fingerprint density at radius 1 is 0.920 bits per heavy atom. The number of nitrogens with zero attached hydrogens (tertiary/aromatic N) is 1. The Balaban J connectivity index is 2.04. The summed E-state index contributed by atoms with van der Waals surface area (Å²) in [5, 5.41) is 6.76. The highest BCUT2D eigenvalue weighted by Crippen LogP contribution is 2.14. The average molecular weight is 356 g/mol. The number of anilines is 2. The van der Waals surface area contributed by atoms with Gasteiger partial charge in [0, 0.05) is 30.0 Å². The predicted molar refractivity (Wildman–Crippen MR) is 109 cm³/mol. The van der Waals surface area contributed by atoms with Gasteiger partial charge in [0.1, 0.15) is 0 Å². The van der Waals surface area contributed by atoms with Crippen LogP contribution in [0.15, 0.2) is 54.6 Å². The van der Waals surface area contributed by atoms with Crippen LogP contribution in [0.25, 0.3) is 0 Å². The van der Waals surface area contributed by atoms with Crippen LogP contribution in [0.1, 0.15) is 37.0 Å². The molecule has 0 aliphatic rings. The highest BCUT2D eigenvalue weighted by atomic mass is 32.1. The topological polar surface area (TPSA) is 44.4 Å². The van der Waals surface area contributed by atoms with Gasteiger partial charge in [-0.15, -0.1) is 0 Å². The van der Waals surface area contributed by atoms with E-state index >= 15 is 0 Å². The third-order valence-electron chi connectivity index (χ3n) is 3.67. The fourth-order valence-corrected chi connectivity index (χ4v) is 2.82. The zero-order chi connectivity index (χ0) is 18.1. The van der Waals surface area contributed by atoms with Crippen LogP contribution in [0, 0.1) is 0 Å². The van der Waals surface area contributed by atoms with E-state index in [4.69, 9.17) is 12.2 Å². The quantitative estimate of drug-likeness (QED) is 0.703. The Hall–Kier alpha value is -2.40. The molecule has 0 saturated heterocycles. The lowest BCUT2D eigenvalue weighted by Crippen LogP contribution is -2.32. The van der Waals surface area contributed by atoms with Crippen LogP contribution < -0.4 is 10.6 Å². The predicted octanol–water partition coefficient (Wildman–Crippen LogP) is 4.76. The van der Waals surface area contributed by atoms with Crippen molar-refractivity contribution in [2.45, 2.75) is 26.7 Å². The molecule has 0 radical (unpaired) electrons. The van der Waals surface area contributed by atoms with Crippen LogP contribution in [0.2, 0.25) is 0 Å². The fourth-order valence-electron chi connectivity index (χ4n) is 2.58. The molecule has 0 aromatic heterocycles. The van der Waals surface area contributed by atoms with Crippen LogP contribution >= 0.6 is 12.2 Å². The van der Waals surface area contributed by atoms with Gasteiger partial charge < -0.3 is 15.5 Å². The van der Waals surface area contributed by atoms with Crippen molar-refractivity contribution in [1.82, 2.24) is 4.90 Å². The minimum Gasteiger partial charge on any atom is -0.339 e. The Morgan fingerprint density at radius 3 is 2.16 bits per heavy atom. The largest absolute Gasteiger partial charge is 0.339 e. The molecule has 2 aromatic rings. The van der Waals surface area contributed by atoms with Crippen molar-refractivity contribution in [3.63, 3.8) is 0 Å². The number of rotatable bonds is 7. The zero-order valence-electron chi connectivity index (χ0n) is 14.8. The number of nitrogens with one attached hydrogen (secondary N) is 2. The summed E-state index contributed by atoms with van der Waals surface area (Å²) in [6.45, 7) is 5.72.